The summed E-state index contributed by atoms with van der Waals surface area (Å²) in [5.74, 6) is 1.21. The van der Waals surface area contributed by atoms with Crippen LogP contribution in [0.2, 0.25) is 0 Å². The van der Waals surface area contributed by atoms with Crippen LogP contribution in [-0.2, 0) is 0 Å². The highest BCUT2D eigenvalue weighted by atomic mass is 19.1. The van der Waals surface area contributed by atoms with Crippen molar-refractivity contribution < 1.29 is 4.39 Å². The fraction of sp³-hybridized carbons (Fsp3) is 1.00. The SMILES string of the molecule is F[C@H]1CCCC2CCCCC21. The zero-order chi connectivity index (χ0) is 7.68. The second kappa shape index (κ2) is 3.12. The van der Waals surface area contributed by atoms with Crippen molar-refractivity contribution in [3.05, 3.63) is 0 Å². The van der Waals surface area contributed by atoms with Crippen molar-refractivity contribution in [1.29, 1.82) is 0 Å². The third-order valence-corrected chi connectivity index (χ3v) is 3.49. The Morgan fingerprint density at radius 1 is 0.818 bits per heavy atom. The molecule has 0 aromatic rings. The van der Waals surface area contributed by atoms with E-state index < -0.39 is 6.17 Å². The van der Waals surface area contributed by atoms with Crippen LogP contribution in [0.4, 0.5) is 4.39 Å². The topological polar surface area (TPSA) is 0 Å². The first kappa shape index (κ1) is 7.57. The third kappa shape index (κ3) is 1.43. The first-order chi connectivity index (χ1) is 5.38. The van der Waals surface area contributed by atoms with Gasteiger partial charge in [0.05, 0.1) is 0 Å². The Labute approximate surface area is 68.2 Å². The molecule has 64 valence electrons. The minimum atomic E-state index is -0.450. The second-order valence-electron chi connectivity index (χ2n) is 4.16. The molecule has 0 bridgehead atoms. The molecule has 0 N–H and O–H groups in total. The van der Waals surface area contributed by atoms with Crippen molar-refractivity contribution >= 4 is 0 Å². The molecule has 2 saturated carbocycles. The lowest BCUT2D eigenvalue weighted by atomic mass is 9.70. The summed E-state index contributed by atoms with van der Waals surface area (Å²) in [5, 5.41) is 0. The molecule has 0 amide bonds. The molecule has 0 spiro atoms. The Balaban J connectivity index is 1.99. The number of halogens is 1. The molecule has 2 fully saturated rings. The third-order valence-electron chi connectivity index (χ3n) is 3.49. The summed E-state index contributed by atoms with van der Waals surface area (Å²) in [4.78, 5) is 0. The summed E-state index contributed by atoms with van der Waals surface area (Å²) in [6.45, 7) is 0. The van der Waals surface area contributed by atoms with E-state index in [0.717, 1.165) is 18.8 Å². The standard InChI is InChI=1S/C10H17F/c11-10-7-3-5-8-4-1-2-6-9(8)10/h8-10H,1-7H2/t8?,9?,10-/m0/s1. The van der Waals surface area contributed by atoms with Crippen LogP contribution in [-0.4, -0.2) is 6.17 Å². The van der Waals surface area contributed by atoms with Crippen LogP contribution in [0.1, 0.15) is 44.9 Å². The van der Waals surface area contributed by atoms with E-state index in [4.69, 9.17) is 0 Å². The summed E-state index contributed by atoms with van der Waals surface area (Å²) >= 11 is 0. The average molecular weight is 156 g/mol. The van der Waals surface area contributed by atoms with Gasteiger partial charge in [-0.05, 0) is 31.1 Å². The summed E-state index contributed by atoms with van der Waals surface area (Å²) in [6, 6.07) is 0. The molecule has 2 rings (SSSR count). The van der Waals surface area contributed by atoms with Gasteiger partial charge in [-0.25, -0.2) is 4.39 Å². The molecule has 0 radical (unpaired) electrons. The maximum atomic E-state index is 13.3. The molecule has 2 aliphatic rings. The average Bonchev–Trinajstić information content (AvgIpc) is 2.06. The summed E-state index contributed by atoms with van der Waals surface area (Å²) in [5.41, 5.74) is 0. The van der Waals surface area contributed by atoms with Gasteiger partial charge in [-0.3, -0.25) is 0 Å². The number of rotatable bonds is 0. The molecular formula is C10H17F. The van der Waals surface area contributed by atoms with Crippen LogP contribution in [0.25, 0.3) is 0 Å². The fourth-order valence-electron chi connectivity index (χ4n) is 2.86. The molecule has 0 nitrogen and oxygen atoms in total. The van der Waals surface area contributed by atoms with Crippen molar-refractivity contribution in [3.8, 4) is 0 Å². The van der Waals surface area contributed by atoms with Crippen molar-refractivity contribution in [1.82, 2.24) is 0 Å². The highest BCUT2D eigenvalue weighted by Crippen LogP contribution is 2.41. The Bertz CT molecular complexity index is 131. The number of fused-ring (bicyclic) bond motifs is 1. The van der Waals surface area contributed by atoms with Crippen LogP contribution in [0.15, 0.2) is 0 Å². The van der Waals surface area contributed by atoms with Gasteiger partial charge < -0.3 is 0 Å². The van der Waals surface area contributed by atoms with Gasteiger partial charge in [0.25, 0.3) is 0 Å². The van der Waals surface area contributed by atoms with E-state index in [2.05, 4.69) is 0 Å². The number of alkyl halides is 1. The second-order valence-corrected chi connectivity index (χ2v) is 4.16. The van der Waals surface area contributed by atoms with Crippen molar-refractivity contribution in [2.24, 2.45) is 11.8 Å². The van der Waals surface area contributed by atoms with Gasteiger partial charge in [0.15, 0.2) is 0 Å². The first-order valence-corrected chi connectivity index (χ1v) is 5.02. The molecule has 0 heterocycles. The lowest BCUT2D eigenvalue weighted by molar-refractivity contribution is 0.0717. The predicted octanol–water partition coefficient (Wildman–Crippen LogP) is 3.31. The number of hydrogen-bond donors (Lipinski definition) is 0. The van der Waals surface area contributed by atoms with E-state index >= 15 is 0 Å². The summed E-state index contributed by atoms with van der Waals surface area (Å²) in [6.07, 6.45) is 7.97. The number of hydrogen-bond acceptors (Lipinski definition) is 0. The van der Waals surface area contributed by atoms with Gasteiger partial charge in [0, 0.05) is 0 Å². The molecule has 3 atom stereocenters. The van der Waals surface area contributed by atoms with Gasteiger partial charge in [0.2, 0.25) is 0 Å². The predicted molar refractivity (Wildman–Crippen MR) is 44.2 cm³/mol. The fourth-order valence-corrected chi connectivity index (χ4v) is 2.86. The maximum absolute atomic E-state index is 13.3. The summed E-state index contributed by atoms with van der Waals surface area (Å²) in [7, 11) is 0. The highest BCUT2D eigenvalue weighted by Gasteiger charge is 2.34. The zero-order valence-electron chi connectivity index (χ0n) is 7.06. The monoisotopic (exact) mass is 156 g/mol. The van der Waals surface area contributed by atoms with Crippen LogP contribution >= 0.6 is 0 Å². The van der Waals surface area contributed by atoms with E-state index in [1.807, 2.05) is 0 Å². The molecular weight excluding hydrogens is 139 g/mol. The van der Waals surface area contributed by atoms with Gasteiger partial charge in [-0.15, -0.1) is 0 Å². The summed E-state index contributed by atoms with van der Waals surface area (Å²) < 4.78 is 13.3. The van der Waals surface area contributed by atoms with Crippen molar-refractivity contribution in [2.75, 3.05) is 0 Å². The van der Waals surface area contributed by atoms with Crippen LogP contribution in [0.3, 0.4) is 0 Å². The van der Waals surface area contributed by atoms with Gasteiger partial charge in [0.1, 0.15) is 6.17 Å². The Hall–Kier alpha value is -0.0700. The van der Waals surface area contributed by atoms with E-state index in [9.17, 15) is 4.39 Å². The van der Waals surface area contributed by atoms with Gasteiger partial charge >= 0.3 is 0 Å². The molecule has 0 aliphatic heterocycles. The Morgan fingerprint density at radius 3 is 2.36 bits per heavy atom. The van der Waals surface area contributed by atoms with E-state index in [1.54, 1.807) is 0 Å². The molecule has 0 saturated heterocycles. The normalized spacial score (nSPS) is 45.0. The largest absolute Gasteiger partial charge is 0.247 e. The zero-order valence-corrected chi connectivity index (χ0v) is 7.06. The minimum Gasteiger partial charge on any atom is -0.247 e. The van der Waals surface area contributed by atoms with E-state index in [-0.39, 0.29) is 0 Å². The molecule has 2 unspecified atom stereocenters. The molecule has 11 heavy (non-hydrogen) atoms. The maximum Gasteiger partial charge on any atom is 0.103 e. The Morgan fingerprint density at radius 2 is 1.55 bits per heavy atom. The quantitative estimate of drug-likeness (QED) is 0.504. The van der Waals surface area contributed by atoms with Crippen LogP contribution in [0.5, 0.6) is 0 Å². The smallest absolute Gasteiger partial charge is 0.103 e. The van der Waals surface area contributed by atoms with Gasteiger partial charge in [-0.2, -0.15) is 0 Å². The lowest BCUT2D eigenvalue weighted by Gasteiger charge is -2.37. The first-order valence-electron chi connectivity index (χ1n) is 5.02. The van der Waals surface area contributed by atoms with Crippen LogP contribution in [0, 0.1) is 11.8 Å². The van der Waals surface area contributed by atoms with Crippen molar-refractivity contribution in [3.63, 3.8) is 0 Å². The molecule has 0 aromatic carbocycles. The molecule has 0 aromatic heterocycles. The lowest BCUT2D eigenvalue weighted by Crippen LogP contribution is -2.31. The van der Waals surface area contributed by atoms with Crippen molar-refractivity contribution in [2.45, 2.75) is 51.1 Å². The minimum absolute atomic E-state index is 0.450. The highest BCUT2D eigenvalue weighted by molar-refractivity contribution is 4.84. The van der Waals surface area contributed by atoms with E-state index in [0.29, 0.717) is 5.92 Å². The van der Waals surface area contributed by atoms with E-state index in [1.165, 1.54) is 32.1 Å². The van der Waals surface area contributed by atoms with Gasteiger partial charge in [-0.1, -0.05) is 25.7 Å². The van der Waals surface area contributed by atoms with Crippen LogP contribution < -0.4 is 0 Å². The molecule has 2 aliphatic carbocycles. The molecule has 1 heteroatoms. The Kier molecular flexibility index (Phi) is 2.15.